The third-order valence-corrected chi connectivity index (χ3v) is 3.64. The minimum absolute atomic E-state index is 0.0971. The molecule has 0 aromatic rings. The number of hydrogen-bond donors (Lipinski definition) is 1. The highest BCUT2D eigenvalue weighted by molar-refractivity contribution is 5.78. The molecule has 120 valence electrons. The molecule has 0 bridgehead atoms. The smallest absolute Gasteiger partial charge is 0.319 e. The lowest BCUT2D eigenvalue weighted by molar-refractivity contribution is -0.145. The Hall–Kier alpha value is -1.83. The summed E-state index contributed by atoms with van der Waals surface area (Å²) < 4.78 is 9.76. The van der Waals surface area contributed by atoms with Crippen LogP contribution in [0.4, 0.5) is 4.79 Å². The van der Waals surface area contributed by atoms with E-state index in [4.69, 9.17) is 9.84 Å². The summed E-state index contributed by atoms with van der Waals surface area (Å²) in [7, 11) is 4.39. The Kier molecular flexibility index (Phi) is 5.95. The van der Waals surface area contributed by atoms with Crippen LogP contribution in [0.25, 0.3) is 0 Å². The molecule has 21 heavy (non-hydrogen) atoms. The Morgan fingerprint density at radius 1 is 1.33 bits per heavy atom. The molecule has 0 saturated carbocycles. The average molecular weight is 302 g/mol. The number of ether oxygens (including phenoxy) is 2. The molecule has 2 amide bonds. The van der Waals surface area contributed by atoms with E-state index in [0.29, 0.717) is 0 Å². The normalized spacial score (nSPS) is 22.5. The van der Waals surface area contributed by atoms with Crippen LogP contribution >= 0.6 is 0 Å². The van der Waals surface area contributed by atoms with Crippen LogP contribution in [-0.2, 0) is 19.1 Å². The van der Waals surface area contributed by atoms with Crippen LogP contribution in [0.5, 0.6) is 0 Å². The fraction of sp³-hybridized carbons (Fsp3) is 0.769. The monoisotopic (exact) mass is 302 g/mol. The first kappa shape index (κ1) is 17.2. The van der Waals surface area contributed by atoms with E-state index in [9.17, 15) is 14.4 Å². The van der Waals surface area contributed by atoms with E-state index in [1.54, 1.807) is 14.0 Å². The summed E-state index contributed by atoms with van der Waals surface area (Å²) in [6.07, 6.45) is 0. The second-order valence-corrected chi connectivity index (χ2v) is 5.25. The third kappa shape index (κ3) is 4.07. The van der Waals surface area contributed by atoms with E-state index in [2.05, 4.69) is 4.74 Å². The molecule has 1 aliphatic heterocycles. The first-order valence-corrected chi connectivity index (χ1v) is 6.65. The number of carbonyl (C=O) groups excluding carboxylic acids is 2. The van der Waals surface area contributed by atoms with Gasteiger partial charge in [-0.25, -0.2) is 4.79 Å². The maximum absolute atomic E-state index is 12.3. The summed E-state index contributed by atoms with van der Waals surface area (Å²) in [6.45, 7) is 2.15. The number of carboxylic acid groups (broad SMARTS) is 1. The van der Waals surface area contributed by atoms with Crippen molar-refractivity contribution in [2.24, 2.45) is 11.8 Å². The van der Waals surface area contributed by atoms with Crippen LogP contribution in [0.2, 0.25) is 0 Å². The number of aliphatic carboxylic acids is 1. The summed E-state index contributed by atoms with van der Waals surface area (Å²) in [6, 6.07) is -0.863. The molecule has 1 saturated heterocycles. The zero-order valence-corrected chi connectivity index (χ0v) is 12.7. The molecular formula is C13H22N2O6. The van der Waals surface area contributed by atoms with Gasteiger partial charge in [-0.1, -0.05) is 6.92 Å². The van der Waals surface area contributed by atoms with Gasteiger partial charge in [0.15, 0.2) is 0 Å². The van der Waals surface area contributed by atoms with Gasteiger partial charge in [0.05, 0.1) is 32.3 Å². The molecule has 0 aromatic heterocycles. The van der Waals surface area contributed by atoms with Crippen molar-refractivity contribution in [2.45, 2.75) is 13.0 Å². The number of urea groups is 1. The predicted octanol–water partition coefficient (Wildman–Crippen LogP) is -0.121. The van der Waals surface area contributed by atoms with E-state index in [0.717, 1.165) is 0 Å². The average Bonchev–Trinajstić information content (AvgIpc) is 2.93. The van der Waals surface area contributed by atoms with E-state index in [1.165, 1.54) is 24.0 Å². The zero-order valence-electron chi connectivity index (χ0n) is 12.7. The van der Waals surface area contributed by atoms with E-state index in [-0.39, 0.29) is 25.8 Å². The lowest BCUT2D eigenvalue weighted by Gasteiger charge is -2.31. The highest BCUT2D eigenvalue weighted by atomic mass is 16.5. The molecule has 3 unspecified atom stereocenters. The predicted molar refractivity (Wildman–Crippen MR) is 72.7 cm³/mol. The van der Waals surface area contributed by atoms with Crippen molar-refractivity contribution in [1.82, 2.24) is 9.80 Å². The fourth-order valence-corrected chi connectivity index (χ4v) is 2.34. The van der Waals surface area contributed by atoms with Crippen molar-refractivity contribution in [1.29, 1.82) is 0 Å². The van der Waals surface area contributed by atoms with Gasteiger partial charge in [0.2, 0.25) is 0 Å². The number of methoxy groups -OCH3 is 1. The maximum atomic E-state index is 12.3. The number of likely N-dealkylation sites (N-methyl/N-ethyl adjacent to an activating group) is 1. The molecule has 0 aliphatic carbocycles. The molecule has 1 aliphatic rings. The Balaban J connectivity index is 2.65. The quantitative estimate of drug-likeness (QED) is 0.711. The topological polar surface area (TPSA) is 96.4 Å². The summed E-state index contributed by atoms with van der Waals surface area (Å²) >= 11 is 0. The Morgan fingerprint density at radius 2 is 1.95 bits per heavy atom. The number of carbonyl (C=O) groups is 3. The van der Waals surface area contributed by atoms with E-state index in [1.807, 2.05) is 0 Å². The maximum Gasteiger partial charge on any atom is 0.319 e. The first-order chi connectivity index (χ1) is 9.79. The Labute approximate surface area is 123 Å². The van der Waals surface area contributed by atoms with E-state index >= 15 is 0 Å². The standard InChI is InChI=1S/C13H22N2O6/c1-8(12(18)20-4)5-14(2)13(19)15(3)10-7-21-6-9(10)11(16)17/h8-10H,5-7H2,1-4H3,(H,16,17). The Morgan fingerprint density at radius 3 is 2.48 bits per heavy atom. The SMILES string of the molecule is COC(=O)C(C)CN(C)C(=O)N(C)C1COCC1C(=O)O. The van der Waals surface area contributed by atoms with Crippen LogP contribution in [-0.4, -0.2) is 79.9 Å². The second kappa shape index (κ2) is 7.26. The molecular weight excluding hydrogens is 280 g/mol. The largest absolute Gasteiger partial charge is 0.481 e. The van der Waals surface area contributed by atoms with Gasteiger partial charge in [-0.15, -0.1) is 0 Å². The van der Waals surface area contributed by atoms with Gasteiger partial charge in [-0.2, -0.15) is 0 Å². The lowest BCUT2D eigenvalue weighted by Crippen LogP contribution is -2.50. The third-order valence-electron chi connectivity index (χ3n) is 3.64. The van der Waals surface area contributed by atoms with Gasteiger partial charge in [0, 0.05) is 20.6 Å². The summed E-state index contributed by atoms with van der Waals surface area (Å²) in [5.74, 6) is -2.56. The second-order valence-electron chi connectivity index (χ2n) is 5.25. The van der Waals surface area contributed by atoms with Crippen molar-refractivity contribution >= 4 is 18.0 Å². The summed E-state index contributed by atoms with van der Waals surface area (Å²) in [5, 5.41) is 9.11. The van der Waals surface area contributed by atoms with Gasteiger partial charge in [0.1, 0.15) is 5.92 Å². The van der Waals surface area contributed by atoms with Gasteiger partial charge >= 0.3 is 18.0 Å². The van der Waals surface area contributed by atoms with Gasteiger partial charge in [-0.05, 0) is 0 Å². The summed E-state index contributed by atoms with van der Waals surface area (Å²) in [5.41, 5.74) is 0. The minimum atomic E-state index is -0.984. The molecule has 8 heteroatoms. The van der Waals surface area contributed by atoms with Crippen molar-refractivity contribution < 1.29 is 29.0 Å². The lowest BCUT2D eigenvalue weighted by atomic mass is 10.0. The molecule has 0 radical (unpaired) electrons. The van der Waals surface area contributed by atoms with Crippen LogP contribution in [0.1, 0.15) is 6.92 Å². The molecule has 1 rings (SSSR count). The molecule has 1 heterocycles. The number of rotatable bonds is 5. The van der Waals surface area contributed by atoms with Gasteiger partial charge in [-0.3, -0.25) is 9.59 Å². The fourth-order valence-electron chi connectivity index (χ4n) is 2.34. The van der Waals surface area contributed by atoms with Crippen molar-refractivity contribution in [3.05, 3.63) is 0 Å². The summed E-state index contributed by atoms with van der Waals surface area (Å²) in [4.78, 5) is 37.5. The zero-order chi connectivity index (χ0) is 16.2. The van der Waals surface area contributed by atoms with Crippen molar-refractivity contribution in [2.75, 3.05) is 41.0 Å². The van der Waals surface area contributed by atoms with Gasteiger partial charge < -0.3 is 24.4 Å². The van der Waals surface area contributed by atoms with Crippen molar-refractivity contribution in [3.8, 4) is 0 Å². The van der Waals surface area contributed by atoms with Crippen LogP contribution < -0.4 is 0 Å². The number of hydrogen-bond acceptors (Lipinski definition) is 5. The molecule has 1 N–H and O–H groups in total. The minimum Gasteiger partial charge on any atom is -0.481 e. The highest BCUT2D eigenvalue weighted by Crippen LogP contribution is 2.20. The molecule has 0 aromatic carbocycles. The first-order valence-electron chi connectivity index (χ1n) is 6.65. The molecule has 8 nitrogen and oxygen atoms in total. The van der Waals surface area contributed by atoms with Gasteiger partial charge in [0.25, 0.3) is 0 Å². The van der Waals surface area contributed by atoms with Crippen molar-refractivity contribution in [3.63, 3.8) is 0 Å². The van der Waals surface area contributed by atoms with Crippen LogP contribution in [0.15, 0.2) is 0 Å². The molecule has 1 fully saturated rings. The number of amides is 2. The van der Waals surface area contributed by atoms with Crippen LogP contribution in [0, 0.1) is 11.8 Å². The highest BCUT2D eigenvalue weighted by Gasteiger charge is 2.39. The van der Waals surface area contributed by atoms with Crippen LogP contribution in [0.3, 0.4) is 0 Å². The molecule has 0 spiro atoms. The molecule has 3 atom stereocenters. The number of nitrogens with zero attached hydrogens (tertiary/aromatic N) is 2. The number of esters is 1. The Bertz CT molecular complexity index is 413. The number of carboxylic acids is 1. The van der Waals surface area contributed by atoms with E-state index < -0.39 is 29.8 Å².